The number of benzene rings is 2. The standard InChI is InChI=1S/C14H9N5O/c15-10-11-6-4-5-9-13(11)20-14-16-17-18-19(14)12-7-2-1-3-8-12/h1-9H. The first-order valence-corrected chi connectivity index (χ1v) is 5.89. The SMILES string of the molecule is N#Cc1ccccc1Oc1nnnn1-c1ccccc1. The summed E-state index contributed by atoms with van der Waals surface area (Å²) >= 11 is 0. The fourth-order valence-electron chi connectivity index (χ4n) is 1.72. The average Bonchev–Trinajstić information content (AvgIpc) is 2.97. The van der Waals surface area contributed by atoms with E-state index in [2.05, 4.69) is 21.6 Å². The van der Waals surface area contributed by atoms with Crippen molar-refractivity contribution >= 4 is 0 Å². The van der Waals surface area contributed by atoms with E-state index in [4.69, 9.17) is 10.00 Å². The van der Waals surface area contributed by atoms with Crippen molar-refractivity contribution in [2.45, 2.75) is 0 Å². The zero-order valence-electron chi connectivity index (χ0n) is 10.3. The molecular weight excluding hydrogens is 254 g/mol. The maximum atomic E-state index is 9.04. The maximum absolute atomic E-state index is 9.04. The predicted molar refractivity (Wildman–Crippen MR) is 70.4 cm³/mol. The van der Waals surface area contributed by atoms with Crippen molar-refractivity contribution in [3.63, 3.8) is 0 Å². The van der Waals surface area contributed by atoms with E-state index in [1.54, 1.807) is 24.3 Å². The summed E-state index contributed by atoms with van der Waals surface area (Å²) in [4.78, 5) is 0. The highest BCUT2D eigenvalue weighted by Crippen LogP contribution is 2.24. The Morgan fingerprint density at radius 2 is 1.75 bits per heavy atom. The molecule has 0 aliphatic heterocycles. The van der Waals surface area contributed by atoms with E-state index in [-0.39, 0.29) is 6.01 Å². The van der Waals surface area contributed by atoms with Gasteiger partial charge in [-0.05, 0) is 34.7 Å². The van der Waals surface area contributed by atoms with Crippen molar-refractivity contribution in [1.82, 2.24) is 20.2 Å². The molecule has 0 bridgehead atoms. The van der Waals surface area contributed by atoms with Crippen LogP contribution in [0.15, 0.2) is 54.6 Å². The second-order valence-corrected chi connectivity index (χ2v) is 3.92. The van der Waals surface area contributed by atoms with E-state index in [0.717, 1.165) is 5.69 Å². The molecule has 0 N–H and O–H groups in total. The van der Waals surface area contributed by atoms with Gasteiger partial charge in [0.25, 0.3) is 0 Å². The highest BCUT2D eigenvalue weighted by Gasteiger charge is 2.12. The smallest absolute Gasteiger partial charge is 0.345 e. The fourth-order valence-corrected chi connectivity index (χ4v) is 1.72. The minimum Gasteiger partial charge on any atom is -0.422 e. The molecule has 0 atom stereocenters. The van der Waals surface area contributed by atoms with Gasteiger partial charge in [-0.3, -0.25) is 0 Å². The summed E-state index contributed by atoms with van der Waals surface area (Å²) < 4.78 is 7.10. The Kier molecular flexibility index (Phi) is 3.08. The highest BCUT2D eigenvalue weighted by molar-refractivity contribution is 5.44. The van der Waals surface area contributed by atoms with E-state index in [0.29, 0.717) is 11.3 Å². The number of nitrogens with zero attached hydrogens (tertiary/aromatic N) is 5. The van der Waals surface area contributed by atoms with E-state index in [1.807, 2.05) is 30.3 Å². The van der Waals surface area contributed by atoms with Crippen molar-refractivity contribution < 1.29 is 4.74 Å². The highest BCUT2D eigenvalue weighted by atomic mass is 16.5. The van der Waals surface area contributed by atoms with Crippen molar-refractivity contribution in [3.8, 4) is 23.5 Å². The van der Waals surface area contributed by atoms with Gasteiger partial charge in [-0.2, -0.15) is 9.94 Å². The molecule has 3 aromatic rings. The van der Waals surface area contributed by atoms with Crippen LogP contribution >= 0.6 is 0 Å². The Bertz CT molecular complexity index is 760. The minimum atomic E-state index is 0.207. The van der Waals surface area contributed by atoms with Crippen molar-refractivity contribution in [2.75, 3.05) is 0 Å². The van der Waals surface area contributed by atoms with Crippen LogP contribution in [-0.4, -0.2) is 20.2 Å². The second kappa shape index (κ2) is 5.20. The molecule has 0 radical (unpaired) electrons. The first-order valence-electron chi connectivity index (χ1n) is 5.89. The van der Waals surface area contributed by atoms with Crippen LogP contribution in [0, 0.1) is 11.3 Å². The number of ether oxygens (including phenoxy) is 1. The third-order valence-electron chi connectivity index (χ3n) is 2.65. The lowest BCUT2D eigenvalue weighted by molar-refractivity contribution is 0.426. The second-order valence-electron chi connectivity index (χ2n) is 3.92. The number of hydrogen-bond acceptors (Lipinski definition) is 5. The van der Waals surface area contributed by atoms with Gasteiger partial charge in [-0.1, -0.05) is 35.4 Å². The number of tetrazole rings is 1. The van der Waals surface area contributed by atoms with Gasteiger partial charge < -0.3 is 4.74 Å². The molecule has 1 aromatic heterocycles. The molecule has 0 saturated carbocycles. The van der Waals surface area contributed by atoms with Gasteiger partial charge in [0.05, 0.1) is 11.3 Å². The molecule has 0 aliphatic rings. The Hall–Kier alpha value is -3.20. The van der Waals surface area contributed by atoms with Crippen LogP contribution in [-0.2, 0) is 0 Å². The zero-order valence-corrected chi connectivity index (χ0v) is 10.3. The first kappa shape index (κ1) is 11.9. The summed E-state index contributed by atoms with van der Waals surface area (Å²) in [6.45, 7) is 0. The third kappa shape index (κ3) is 2.20. The maximum Gasteiger partial charge on any atom is 0.345 e. The van der Waals surface area contributed by atoms with Gasteiger partial charge in [0.2, 0.25) is 0 Å². The molecule has 0 amide bonds. The molecule has 0 saturated heterocycles. The van der Waals surface area contributed by atoms with Crippen molar-refractivity contribution in [2.24, 2.45) is 0 Å². The van der Waals surface area contributed by atoms with Crippen LogP contribution in [0.1, 0.15) is 5.56 Å². The lowest BCUT2D eigenvalue weighted by Crippen LogP contribution is -2.00. The van der Waals surface area contributed by atoms with E-state index >= 15 is 0 Å². The van der Waals surface area contributed by atoms with Crippen LogP contribution < -0.4 is 4.74 Å². The molecule has 0 fully saturated rings. The monoisotopic (exact) mass is 263 g/mol. The Labute approximate surface area is 114 Å². The van der Waals surface area contributed by atoms with Gasteiger partial charge >= 0.3 is 6.01 Å². The molecule has 2 aromatic carbocycles. The van der Waals surface area contributed by atoms with Gasteiger partial charge in [-0.15, -0.1) is 0 Å². The lowest BCUT2D eigenvalue weighted by atomic mass is 10.2. The summed E-state index contributed by atoms with van der Waals surface area (Å²) in [6.07, 6.45) is 0. The van der Waals surface area contributed by atoms with Gasteiger partial charge in [-0.25, -0.2) is 0 Å². The molecule has 20 heavy (non-hydrogen) atoms. The van der Waals surface area contributed by atoms with Gasteiger partial charge in [0, 0.05) is 0 Å². The molecule has 6 nitrogen and oxygen atoms in total. The first-order chi connectivity index (χ1) is 9.88. The molecule has 1 heterocycles. The summed E-state index contributed by atoms with van der Waals surface area (Å²) in [6, 6.07) is 18.6. The normalized spacial score (nSPS) is 9.95. The number of para-hydroxylation sites is 2. The molecule has 6 heteroatoms. The quantitative estimate of drug-likeness (QED) is 0.724. The van der Waals surface area contributed by atoms with Crippen LogP contribution in [0.2, 0.25) is 0 Å². The van der Waals surface area contributed by atoms with Crippen LogP contribution in [0.4, 0.5) is 0 Å². The molecule has 0 aliphatic carbocycles. The van der Waals surface area contributed by atoms with Gasteiger partial charge in [0.15, 0.2) is 0 Å². The number of hydrogen-bond donors (Lipinski definition) is 0. The largest absolute Gasteiger partial charge is 0.422 e. The van der Waals surface area contributed by atoms with Crippen LogP contribution in [0.25, 0.3) is 5.69 Å². The number of aromatic nitrogens is 4. The van der Waals surface area contributed by atoms with E-state index in [1.165, 1.54) is 4.68 Å². The summed E-state index contributed by atoms with van der Waals surface area (Å²) in [5, 5.41) is 20.4. The third-order valence-corrected chi connectivity index (χ3v) is 2.65. The predicted octanol–water partition coefficient (Wildman–Crippen LogP) is 2.33. The van der Waals surface area contributed by atoms with E-state index in [9.17, 15) is 0 Å². The average molecular weight is 263 g/mol. The zero-order chi connectivity index (χ0) is 13.8. The molecular formula is C14H9N5O. The lowest BCUT2D eigenvalue weighted by Gasteiger charge is -2.06. The summed E-state index contributed by atoms with van der Waals surface area (Å²) in [5.74, 6) is 0.419. The Morgan fingerprint density at radius 3 is 2.55 bits per heavy atom. The van der Waals surface area contributed by atoms with E-state index < -0.39 is 0 Å². The number of nitriles is 1. The topological polar surface area (TPSA) is 76.6 Å². The summed E-state index contributed by atoms with van der Waals surface area (Å²) in [5.41, 5.74) is 1.21. The summed E-state index contributed by atoms with van der Waals surface area (Å²) in [7, 11) is 0. The fraction of sp³-hybridized carbons (Fsp3) is 0. The van der Waals surface area contributed by atoms with Crippen LogP contribution in [0.5, 0.6) is 11.8 Å². The number of rotatable bonds is 3. The minimum absolute atomic E-state index is 0.207. The molecule has 0 unspecified atom stereocenters. The molecule has 3 rings (SSSR count). The molecule has 0 spiro atoms. The van der Waals surface area contributed by atoms with Crippen molar-refractivity contribution in [3.05, 3.63) is 60.2 Å². The molecule has 96 valence electrons. The van der Waals surface area contributed by atoms with Crippen molar-refractivity contribution in [1.29, 1.82) is 5.26 Å². The Morgan fingerprint density at radius 1 is 1.00 bits per heavy atom. The van der Waals surface area contributed by atoms with Crippen LogP contribution in [0.3, 0.4) is 0 Å². The van der Waals surface area contributed by atoms with Gasteiger partial charge in [0.1, 0.15) is 11.8 Å². The Balaban J connectivity index is 1.98.